The molecule has 10 nitrogen and oxygen atoms in total. The largest absolute Gasteiger partial charge is 0.439 e. The molecule has 0 aliphatic carbocycles. The van der Waals surface area contributed by atoms with E-state index in [9.17, 15) is 8.42 Å². The van der Waals surface area contributed by atoms with Gasteiger partial charge < -0.3 is 4.74 Å². The molecule has 3 heterocycles. The topological polar surface area (TPSA) is 117 Å². The van der Waals surface area contributed by atoms with Gasteiger partial charge in [0.1, 0.15) is 16.5 Å². The lowest BCUT2D eigenvalue weighted by Gasteiger charge is -2.11. The number of aryl methyl sites for hydroxylation is 4. The van der Waals surface area contributed by atoms with Crippen LogP contribution in [0.15, 0.2) is 35.2 Å². The number of nitrogens with zero attached hydrogens (tertiary/aromatic N) is 6. The fraction of sp³-hybridized carbons (Fsp3) is 0.333. The predicted molar refractivity (Wildman–Crippen MR) is 133 cm³/mol. The normalized spacial score (nSPS) is 11.6. The first-order valence-electron chi connectivity index (χ1n) is 11.2. The molecule has 1 aromatic carbocycles. The Morgan fingerprint density at radius 1 is 0.914 bits per heavy atom. The van der Waals surface area contributed by atoms with E-state index in [0.29, 0.717) is 46.9 Å². The van der Waals surface area contributed by atoms with E-state index in [2.05, 4.69) is 24.9 Å². The Morgan fingerprint density at radius 2 is 1.60 bits per heavy atom. The van der Waals surface area contributed by atoms with Crippen molar-refractivity contribution in [3.8, 4) is 17.4 Å². The number of nitrogens with one attached hydrogen (secondary N) is 1. The average Bonchev–Trinajstić information content (AvgIpc) is 3.24. The minimum Gasteiger partial charge on any atom is -0.439 e. The number of hydrogen-bond donors (Lipinski definition) is 1. The SMILES string of the molecule is CCn1nc(C)c(S(=O)(=O)Nc2ccc(Oc3cc(-n4nc(C)c(C)c4C)nc(C)n3)cc2)c1C. The lowest BCUT2D eigenvalue weighted by atomic mass is 10.2. The van der Waals surface area contributed by atoms with Gasteiger partial charge in [0.2, 0.25) is 5.88 Å². The molecule has 3 aromatic heterocycles. The second kappa shape index (κ2) is 9.14. The first-order valence-corrected chi connectivity index (χ1v) is 12.7. The summed E-state index contributed by atoms with van der Waals surface area (Å²) in [5.74, 6) is 2.03. The molecule has 0 fully saturated rings. The smallest absolute Gasteiger partial charge is 0.265 e. The highest BCUT2D eigenvalue weighted by molar-refractivity contribution is 7.92. The summed E-state index contributed by atoms with van der Waals surface area (Å²) in [5, 5.41) is 8.86. The van der Waals surface area contributed by atoms with E-state index in [1.54, 1.807) is 60.5 Å². The van der Waals surface area contributed by atoms with Crippen LogP contribution in [0.25, 0.3) is 5.82 Å². The highest BCUT2D eigenvalue weighted by atomic mass is 32.2. The van der Waals surface area contributed by atoms with Crippen LogP contribution in [-0.4, -0.2) is 37.9 Å². The van der Waals surface area contributed by atoms with Crippen molar-refractivity contribution in [1.29, 1.82) is 0 Å². The number of sulfonamides is 1. The molecular weight excluding hydrogens is 466 g/mol. The van der Waals surface area contributed by atoms with Crippen LogP contribution in [0.3, 0.4) is 0 Å². The van der Waals surface area contributed by atoms with E-state index in [4.69, 9.17) is 4.74 Å². The molecule has 4 aromatic rings. The van der Waals surface area contributed by atoms with Crippen LogP contribution >= 0.6 is 0 Å². The van der Waals surface area contributed by atoms with Crippen molar-refractivity contribution in [2.24, 2.45) is 0 Å². The van der Waals surface area contributed by atoms with Crippen LogP contribution in [-0.2, 0) is 16.6 Å². The van der Waals surface area contributed by atoms with Crippen molar-refractivity contribution >= 4 is 15.7 Å². The zero-order chi connectivity index (χ0) is 25.5. The maximum absolute atomic E-state index is 13.0. The lowest BCUT2D eigenvalue weighted by Crippen LogP contribution is -2.15. The summed E-state index contributed by atoms with van der Waals surface area (Å²) >= 11 is 0. The summed E-state index contributed by atoms with van der Waals surface area (Å²) in [7, 11) is -3.79. The maximum atomic E-state index is 13.0. The molecule has 0 bridgehead atoms. The number of anilines is 1. The average molecular weight is 496 g/mol. The Kier molecular flexibility index (Phi) is 6.37. The standard InChI is InChI=1S/C24H29N7O3S/c1-8-30-18(6)24(16(4)27-30)35(32,33)29-20-9-11-21(12-10-20)34-23-13-22(25-19(7)26-23)31-17(5)14(2)15(3)28-31/h9-13,29H,8H2,1-7H3. The van der Waals surface area contributed by atoms with Crippen LogP contribution in [0.4, 0.5) is 5.69 Å². The van der Waals surface area contributed by atoms with Gasteiger partial charge in [-0.3, -0.25) is 9.40 Å². The fourth-order valence-corrected chi connectivity index (χ4v) is 5.40. The van der Waals surface area contributed by atoms with Crippen molar-refractivity contribution in [2.45, 2.75) is 59.9 Å². The zero-order valence-corrected chi connectivity index (χ0v) is 21.7. The predicted octanol–water partition coefficient (Wildman–Crippen LogP) is 4.32. The summed E-state index contributed by atoms with van der Waals surface area (Å²) in [4.78, 5) is 9.06. The molecular formula is C24H29N7O3S. The molecule has 1 N–H and O–H groups in total. The summed E-state index contributed by atoms with van der Waals surface area (Å²) < 4.78 is 38.0. The van der Waals surface area contributed by atoms with E-state index >= 15 is 0 Å². The highest BCUT2D eigenvalue weighted by Crippen LogP contribution is 2.27. The third-order valence-corrected chi connectivity index (χ3v) is 7.52. The Balaban J connectivity index is 1.55. The molecule has 0 saturated carbocycles. The van der Waals surface area contributed by atoms with E-state index < -0.39 is 10.0 Å². The first-order chi connectivity index (χ1) is 16.5. The van der Waals surface area contributed by atoms with Crippen LogP contribution in [0.2, 0.25) is 0 Å². The number of benzene rings is 1. The quantitative estimate of drug-likeness (QED) is 0.406. The van der Waals surface area contributed by atoms with Gasteiger partial charge in [0, 0.05) is 24.0 Å². The lowest BCUT2D eigenvalue weighted by molar-refractivity contribution is 0.459. The molecule has 0 amide bonds. The van der Waals surface area contributed by atoms with Crippen LogP contribution < -0.4 is 9.46 Å². The summed E-state index contributed by atoms with van der Waals surface area (Å²) in [6.45, 7) is 13.7. The number of aromatic nitrogens is 6. The maximum Gasteiger partial charge on any atom is 0.265 e. The molecule has 184 valence electrons. The van der Waals surface area contributed by atoms with E-state index in [1.807, 2.05) is 27.7 Å². The first kappa shape index (κ1) is 24.4. The summed E-state index contributed by atoms with van der Waals surface area (Å²) in [6.07, 6.45) is 0. The molecule has 0 aliphatic rings. The van der Waals surface area contributed by atoms with Gasteiger partial charge in [0.05, 0.1) is 17.1 Å². The Hall–Kier alpha value is -3.73. The van der Waals surface area contributed by atoms with Gasteiger partial charge in [-0.1, -0.05) is 0 Å². The molecule has 0 unspecified atom stereocenters. The molecule has 11 heteroatoms. The van der Waals surface area contributed by atoms with Crippen molar-refractivity contribution in [2.75, 3.05) is 4.72 Å². The third kappa shape index (κ3) is 4.76. The monoisotopic (exact) mass is 495 g/mol. The minimum atomic E-state index is -3.79. The Bertz CT molecular complexity index is 1500. The van der Waals surface area contributed by atoms with Crippen molar-refractivity contribution < 1.29 is 13.2 Å². The molecule has 35 heavy (non-hydrogen) atoms. The third-order valence-electron chi connectivity index (χ3n) is 5.88. The molecule has 0 saturated heterocycles. The van der Waals surface area contributed by atoms with E-state index in [-0.39, 0.29) is 4.90 Å². The van der Waals surface area contributed by atoms with Gasteiger partial charge in [-0.15, -0.1) is 0 Å². The van der Waals surface area contributed by atoms with Crippen LogP contribution in [0, 0.1) is 41.5 Å². The molecule has 0 radical (unpaired) electrons. The van der Waals surface area contributed by atoms with Gasteiger partial charge >= 0.3 is 0 Å². The molecule has 0 atom stereocenters. The Labute approximate surface area is 205 Å². The number of rotatable bonds is 7. The van der Waals surface area contributed by atoms with Gasteiger partial charge in [-0.05, 0) is 78.3 Å². The summed E-state index contributed by atoms with van der Waals surface area (Å²) in [6, 6.07) is 8.36. The molecule has 0 aliphatic heterocycles. The van der Waals surface area contributed by atoms with Crippen molar-refractivity contribution in [3.63, 3.8) is 0 Å². The number of hydrogen-bond acceptors (Lipinski definition) is 7. The zero-order valence-electron chi connectivity index (χ0n) is 20.9. The van der Waals surface area contributed by atoms with Crippen LogP contribution in [0.1, 0.15) is 41.1 Å². The Morgan fingerprint density at radius 3 is 2.17 bits per heavy atom. The van der Waals surface area contributed by atoms with Gasteiger partial charge in [-0.2, -0.15) is 15.2 Å². The van der Waals surface area contributed by atoms with E-state index in [0.717, 1.165) is 17.0 Å². The van der Waals surface area contributed by atoms with Crippen molar-refractivity contribution in [1.82, 2.24) is 29.5 Å². The number of ether oxygens (including phenoxy) is 1. The summed E-state index contributed by atoms with van der Waals surface area (Å²) in [5.41, 5.74) is 4.52. The van der Waals surface area contributed by atoms with Gasteiger partial charge in [-0.25, -0.2) is 18.1 Å². The highest BCUT2D eigenvalue weighted by Gasteiger charge is 2.24. The second-order valence-electron chi connectivity index (χ2n) is 8.37. The molecule has 0 spiro atoms. The van der Waals surface area contributed by atoms with Gasteiger partial charge in [0.25, 0.3) is 10.0 Å². The fourth-order valence-electron chi connectivity index (χ4n) is 3.92. The van der Waals surface area contributed by atoms with E-state index in [1.165, 1.54) is 0 Å². The minimum absolute atomic E-state index is 0.197. The molecule has 4 rings (SSSR count). The van der Waals surface area contributed by atoms with Gasteiger partial charge in [0.15, 0.2) is 5.82 Å². The van der Waals surface area contributed by atoms with Crippen LogP contribution in [0.5, 0.6) is 11.6 Å². The van der Waals surface area contributed by atoms with Crippen molar-refractivity contribution in [3.05, 3.63) is 64.5 Å². The second-order valence-corrected chi connectivity index (χ2v) is 9.99.